The minimum atomic E-state index is -0.972. The molecule has 6 nitrogen and oxygen atoms in total. The molecule has 1 saturated carbocycles. The van der Waals surface area contributed by atoms with Crippen LogP contribution in [-0.2, 0) is 4.79 Å². The first-order valence-corrected chi connectivity index (χ1v) is 11.7. The Morgan fingerprint density at radius 1 is 1.03 bits per heavy atom. The molecule has 2 amide bonds. The molecule has 0 heterocycles. The smallest absolute Gasteiger partial charge is 0.323 e. The maximum absolute atomic E-state index is 15.2. The van der Waals surface area contributed by atoms with E-state index in [9.17, 15) is 19.1 Å². The molecule has 2 aromatic rings. The molecule has 0 radical (unpaired) electrons. The number of carbonyl (C=O) groups excluding carboxylic acids is 1. The van der Waals surface area contributed by atoms with E-state index in [0.717, 1.165) is 6.07 Å². The van der Waals surface area contributed by atoms with Crippen LogP contribution in [0.15, 0.2) is 30.3 Å². The number of hydrogen-bond acceptors (Lipinski definition) is 3. The molecule has 1 aliphatic rings. The van der Waals surface area contributed by atoms with E-state index in [1.165, 1.54) is 24.3 Å². The van der Waals surface area contributed by atoms with Crippen LogP contribution < -0.4 is 15.5 Å². The average Bonchev–Trinajstić information content (AvgIpc) is 3.51. The Morgan fingerprint density at radius 3 is 2.18 bits per heavy atom. The lowest BCUT2D eigenvalue weighted by Gasteiger charge is -2.31. The molecule has 3 N–H and O–H groups in total. The number of halogens is 3. The molecule has 0 saturated heterocycles. The van der Waals surface area contributed by atoms with Crippen LogP contribution in [0.2, 0.25) is 5.02 Å². The molecule has 2 aromatic carbocycles. The zero-order valence-electron chi connectivity index (χ0n) is 19.7. The van der Waals surface area contributed by atoms with Crippen LogP contribution in [0.1, 0.15) is 45.6 Å². The third-order valence-corrected chi connectivity index (χ3v) is 5.80. The highest BCUT2D eigenvalue weighted by Crippen LogP contribution is 2.50. The second kappa shape index (κ2) is 10.6. The van der Waals surface area contributed by atoms with Gasteiger partial charge in [-0.15, -0.1) is 0 Å². The molecule has 1 aliphatic carbocycles. The van der Waals surface area contributed by atoms with Gasteiger partial charge in [0.25, 0.3) is 0 Å². The topological polar surface area (TPSA) is 81.7 Å². The van der Waals surface area contributed by atoms with Gasteiger partial charge in [-0.25, -0.2) is 13.6 Å². The van der Waals surface area contributed by atoms with Gasteiger partial charge in [0, 0.05) is 24.0 Å². The summed E-state index contributed by atoms with van der Waals surface area (Å²) in [7, 11) is 0. The maximum Gasteiger partial charge on any atom is 0.323 e. The van der Waals surface area contributed by atoms with Gasteiger partial charge in [0.2, 0.25) is 0 Å². The number of carboxylic acid groups (broad SMARTS) is 1. The number of nitrogens with one attached hydrogen (secondary N) is 2. The number of carboxylic acids is 1. The molecule has 0 aliphatic heterocycles. The Hall–Kier alpha value is -2.87. The van der Waals surface area contributed by atoms with Gasteiger partial charge in [-0.05, 0) is 54.2 Å². The summed E-state index contributed by atoms with van der Waals surface area (Å²) in [6, 6.07) is 6.04. The lowest BCUT2D eigenvalue weighted by Crippen LogP contribution is -2.33. The quantitative estimate of drug-likeness (QED) is 0.369. The highest BCUT2D eigenvalue weighted by molar-refractivity contribution is 6.30. The summed E-state index contributed by atoms with van der Waals surface area (Å²) in [6.07, 6.45) is 0.342. The average molecular weight is 494 g/mol. The summed E-state index contributed by atoms with van der Waals surface area (Å²) in [5.41, 5.74) is 1.02. The standard InChI is InChI=1S/C25H30ClF2N3O3/c1-13(2)11-31(12-14(3)4)23-10-19(27)17(16-8-18(16)24(32)33)9-22(23)30-25(34)29-21-6-5-15(26)7-20(21)28/h5-7,9-10,13-14,16,18H,8,11-12H2,1-4H3,(H,32,33)(H2,29,30,34)/t16-,18-/m0/s1. The van der Waals surface area contributed by atoms with E-state index < -0.39 is 35.5 Å². The first-order chi connectivity index (χ1) is 16.0. The van der Waals surface area contributed by atoms with Crippen LogP contribution in [-0.4, -0.2) is 30.2 Å². The van der Waals surface area contributed by atoms with Crippen LogP contribution in [0.4, 0.5) is 30.6 Å². The zero-order chi connectivity index (χ0) is 25.2. The van der Waals surface area contributed by atoms with Crippen molar-refractivity contribution >= 4 is 40.7 Å². The fourth-order valence-electron chi connectivity index (χ4n) is 4.06. The summed E-state index contributed by atoms with van der Waals surface area (Å²) in [5.74, 6) is -2.72. The van der Waals surface area contributed by atoms with Crippen molar-refractivity contribution in [2.24, 2.45) is 17.8 Å². The highest BCUT2D eigenvalue weighted by atomic mass is 35.5. The van der Waals surface area contributed by atoms with Crippen molar-refractivity contribution in [1.82, 2.24) is 0 Å². The number of nitrogens with zero attached hydrogens (tertiary/aromatic N) is 1. The molecular formula is C25H30ClF2N3O3. The summed E-state index contributed by atoms with van der Waals surface area (Å²) in [6.45, 7) is 9.43. The Labute approximate surface area is 203 Å². The number of urea groups is 1. The van der Waals surface area contributed by atoms with E-state index in [-0.39, 0.29) is 28.1 Å². The monoisotopic (exact) mass is 493 g/mol. The Kier molecular flexibility index (Phi) is 8.02. The van der Waals surface area contributed by atoms with Crippen LogP contribution in [0, 0.1) is 29.4 Å². The molecule has 3 rings (SSSR count). The molecule has 1 fully saturated rings. The minimum absolute atomic E-state index is 0.0554. The summed E-state index contributed by atoms with van der Waals surface area (Å²) < 4.78 is 29.3. The Balaban J connectivity index is 1.96. The van der Waals surface area contributed by atoms with Crippen LogP contribution >= 0.6 is 11.6 Å². The highest BCUT2D eigenvalue weighted by Gasteiger charge is 2.45. The van der Waals surface area contributed by atoms with E-state index >= 15 is 4.39 Å². The van der Waals surface area contributed by atoms with Crippen molar-refractivity contribution in [3.05, 3.63) is 52.6 Å². The van der Waals surface area contributed by atoms with Gasteiger partial charge in [0.1, 0.15) is 11.6 Å². The predicted molar refractivity (Wildman–Crippen MR) is 131 cm³/mol. The molecular weight excluding hydrogens is 464 g/mol. The molecule has 9 heteroatoms. The molecule has 0 spiro atoms. The number of benzene rings is 2. The van der Waals surface area contributed by atoms with Crippen molar-refractivity contribution in [2.45, 2.75) is 40.0 Å². The third-order valence-electron chi connectivity index (χ3n) is 5.56. The first kappa shape index (κ1) is 25.7. The number of carbonyl (C=O) groups is 2. The lowest BCUT2D eigenvalue weighted by molar-refractivity contribution is -0.138. The van der Waals surface area contributed by atoms with E-state index in [4.69, 9.17) is 11.6 Å². The van der Waals surface area contributed by atoms with Gasteiger partial charge < -0.3 is 20.6 Å². The van der Waals surface area contributed by atoms with Crippen LogP contribution in [0.5, 0.6) is 0 Å². The molecule has 184 valence electrons. The second-order valence-electron chi connectivity index (χ2n) is 9.57. The van der Waals surface area contributed by atoms with E-state index in [1.54, 1.807) is 0 Å². The molecule has 0 unspecified atom stereocenters. The Bertz CT molecular complexity index is 1070. The Morgan fingerprint density at radius 2 is 1.65 bits per heavy atom. The molecule has 34 heavy (non-hydrogen) atoms. The minimum Gasteiger partial charge on any atom is -0.481 e. The number of aliphatic carboxylic acids is 1. The van der Waals surface area contributed by atoms with E-state index in [0.29, 0.717) is 30.9 Å². The van der Waals surface area contributed by atoms with Gasteiger partial charge >= 0.3 is 12.0 Å². The summed E-state index contributed by atoms with van der Waals surface area (Å²) >= 11 is 5.77. The van der Waals surface area contributed by atoms with Gasteiger partial charge in [-0.3, -0.25) is 4.79 Å². The fraction of sp³-hybridized carbons (Fsp3) is 0.440. The van der Waals surface area contributed by atoms with Gasteiger partial charge in [-0.2, -0.15) is 0 Å². The van der Waals surface area contributed by atoms with Crippen molar-refractivity contribution in [1.29, 1.82) is 0 Å². The van der Waals surface area contributed by atoms with E-state index in [1.807, 2.05) is 32.6 Å². The van der Waals surface area contributed by atoms with Gasteiger partial charge in [-0.1, -0.05) is 39.3 Å². The van der Waals surface area contributed by atoms with Crippen molar-refractivity contribution in [3.63, 3.8) is 0 Å². The normalized spacial score (nSPS) is 17.1. The van der Waals surface area contributed by atoms with Crippen LogP contribution in [0.25, 0.3) is 0 Å². The van der Waals surface area contributed by atoms with E-state index in [2.05, 4.69) is 10.6 Å². The SMILES string of the molecule is CC(C)CN(CC(C)C)c1cc(F)c([C@@H]2C[C@@H]2C(=O)O)cc1NC(=O)Nc1ccc(Cl)cc1F. The molecule has 2 atom stereocenters. The summed E-state index contributed by atoms with van der Waals surface area (Å²) in [4.78, 5) is 26.1. The van der Waals surface area contributed by atoms with Gasteiger partial charge in [0.15, 0.2) is 0 Å². The van der Waals surface area contributed by atoms with Gasteiger partial charge in [0.05, 0.1) is 23.0 Å². The first-order valence-electron chi connectivity index (χ1n) is 11.3. The van der Waals surface area contributed by atoms with Crippen molar-refractivity contribution in [3.8, 4) is 0 Å². The van der Waals surface area contributed by atoms with Crippen molar-refractivity contribution in [2.75, 3.05) is 28.6 Å². The van der Waals surface area contributed by atoms with Crippen LogP contribution in [0.3, 0.4) is 0 Å². The number of amides is 2. The predicted octanol–water partition coefficient (Wildman–Crippen LogP) is 6.57. The second-order valence-corrected chi connectivity index (χ2v) is 10.0. The number of anilines is 3. The molecule has 0 aromatic heterocycles. The zero-order valence-corrected chi connectivity index (χ0v) is 20.4. The number of rotatable bonds is 9. The van der Waals surface area contributed by atoms with Crippen molar-refractivity contribution < 1.29 is 23.5 Å². The fourth-order valence-corrected chi connectivity index (χ4v) is 4.22. The molecule has 0 bridgehead atoms. The largest absolute Gasteiger partial charge is 0.481 e. The maximum atomic E-state index is 15.2. The lowest BCUT2D eigenvalue weighted by atomic mass is 10.0. The third kappa shape index (κ3) is 6.38. The summed E-state index contributed by atoms with van der Waals surface area (Å²) in [5, 5.41) is 14.7. The number of hydrogen-bond donors (Lipinski definition) is 3.